The Morgan fingerprint density at radius 2 is 1.31 bits per heavy atom. The van der Waals surface area contributed by atoms with E-state index in [0.29, 0.717) is 44.5 Å². The molecule has 5 aliphatic rings. The van der Waals surface area contributed by atoms with Crippen LogP contribution in [0.2, 0.25) is 0 Å². The van der Waals surface area contributed by atoms with E-state index in [4.69, 9.17) is 23.7 Å². The average molecular weight is 554 g/mol. The molecule has 6 rings (SSSR count). The van der Waals surface area contributed by atoms with Crippen LogP contribution in [-0.2, 0) is 43.3 Å². The van der Waals surface area contributed by atoms with Crippen LogP contribution in [0.3, 0.4) is 0 Å². The lowest BCUT2D eigenvalue weighted by Crippen LogP contribution is -2.55. The highest BCUT2D eigenvalue weighted by Crippen LogP contribution is 2.40. The molecule has 39 heavy (non-hydrogen) atoms. The lowest BCUT2D eigenvalue weighted by atomic mass is 9.88. The van der Waals surface area contributed by atoms with Gasteiger partial charge in [0.15, 0.2) is 0 Å². The van der Waals surface area contributed by atoms with Gasteiger partial charge in [-0.3, -0.25) is 0 Å². The predicted molar refractivity (Wildman–Crippen MR) is 145 cm³/mol. The Morgan fingerprint density at radius 1 is 0.744 bits per heavy atom. The molecule has 5 heterocycles. The lowest BCUT2D eigenvalue weighted by Gasteiger charge is -2.15. The summed E-state index contributed by atoms with van der Waals surface area (Å²) in [6.45, 7) is 10.9. The molecular weight excluding hydrogens is 506 g/mol. The van der Waals surface area contributed by atoms with Crippen LogP contribution in [-0.4, -0.2) is 77.3 Å². The molecule has 0 amide bonds. The molecule has 6 atom stereocenters. The van der Waals surface area contributed by atoms with E-state index in [-0.39, 0.29) is 25.3 Å². The van der Waals surface area contributed by atoms with Gasteiger partial charge in [-0.2, -0.15) is 0 Å². The number of ether oxygens (including phenoxy) is 5. The third-order valence-electron chi connectivity index (χ3n) is 7.74. The van der Waals surface area contributed by atoms with Crippen molar-refractivity contribution in [3.05, 3.63) is 31.5 Å². The van der Waals surface area contributed by atoms with E-state index in [2.05, 4.69) is 13.8 Å². The van der Waals surface area contributed by atoms with Gasteiger partial charge in [0, 0.05) is 13.2 Å². The molecule has 1 aromatic heterocycles. The minimum atomic E-state index is -0.566. The molecule has 1 aromatic rings. The molecule has 0 bridgehead atoms. The first-order chi connectivity index (χ1) is 18.9. The van der Waals surface area contributed by atoms with Crippen LogP contribution >= 0.6 is 0 Å². The van der Waals surface area contributed by atoms with Crippen LogP contribution in [0, 0.1) is 5.92 Å². The summed E-state index contributed by atoms with van der Waals surface area (Å²) in [6, 6.07) is 0. The Balaban J connectivity index is 0.000000161. The maximum Gasteiger partial charge on any atom is 0.336 e. The van der Waals surface area contributed by atoms with E-state index < -0.39 is 17.1 Å². The SMILES string of the molecule is CCC1CCC2OC2C1.CCCCOCC1CO1.CCCCn1c(=O)n(CC2CO2)c(=O)n(CC2CO2)c1=O. The molecule has 11 heteroatoms. The minimum absolute atomic E-state index is 0.0989. The maximum atomic E-state index is 12.4. The molecular formula is C28H47N3O8. The number of epoxide rings is 4. The number of hydrogen-bond acceptors (Lipinski definition) is 8. The van der Waals surface area contributed by atoms with Crippen molar-refractivity contribution < 1.29 is 23.7 Å². The van der Waals surface area contributed by atoms with Crippen LogP contribution < -0.4 is 17.1 Å². The maximum absolute atomic E-state index is 12.4. The largest absolute Gasteiger partial charge is 0.379 e. The molecule has 4 saturated heterocycles. The molecule has 1 saturated carbocycles. The van der Waals surface area contributed by atoms with Gasteiger partial charge in [-0.25, -0.2) is 28.1 Å². The van der Waals surface area contributed by atoms with Gasteiger partial charge in [0.25, 0.3) is 0 Å². The van der Waals surface area contributed by atoms with Gasteiger partial charge in [0.2, 0.25) is 0 Å². The Kier molecular flexibility index (Phi) is 11.4. The van der Waals surface area contributed by atoms with Crippen LogP contribution in [0.25, 0.3) is 0 Å². The molecule has 1 aliphatic carbocycles. The second-order valence-corrected chi connectivity index (χ2v) is 11.2. The van der Waals surface area contributed by atoms with Crippen LogP contribution in [0.5, 0.6) is 0 Å². The van der Waals surface area contributed by atoms with E-state index in [1.807, 2.05) is 6.92 Å². The highest BCUT2D eigenvalue weighted by molar-refractivity contribution is 4.91. The second-order valence-electron chi connectivity index (χ2n) is 11.2. The number of aromatic nitrogens is 3. The molecule has 0 radical (unpaired) electrons. The summed E-state index contributed by atoms with van der Waals surface area (Å²) in [5, 5.41) is 0. The quantitative estimate of drug-likeness (QED) is 0.268. The van der Waals surface area contributed by atoms with Crippen molar-refractivity contribution >= 4 is 0 Å². The number of nitrogens with zero attached hydrogens (tertiary/aromatic N) is 3. The number of rotatable bonds is 13. The third kappa shape index (κ3) is 9.67. The Labute approximate surface area is 230 Å². The van der Waals surface area contributed by atoms with Crippen LogP contribution in [0.4, 0.5) is 0 Å². The smallest absolute Gasteiger partial charge is 0.336 e. The number of hydrogen-bond donors (Lipinski definition) is 0. The lowest BCUT2D eigenvalue weighted by molar-refractivity contribution is 0.114. The van der Waals surface area contributed by atoms with Crippen LogP contribution in [0.15, 0.2) is 14.4 Å². The van der Waals surface area contributed by atoms with Gasteiger partial charge in [0.05, 0.1) is 63.9 Å². The molecule has 0 spiro atoms. The fraction of sp³-hybridized carbons (Fsp3) is 0.893. The molecule has 0 N–H and O–H groups in total. The first-order valence-corrected chi connectivity index (χ1v) is 15.0. The molecule has 4 aliphatic heterocycles. The zero-order chi connectivity index (χ0) is 27.8. The van der Waals surface area contributed by atoms with Gasteiger partial charge in [0.1, 0.15) is 6.10 Å². The van der Waals surface area contributed by atoms with E-state index in [9.17, 15) is 14.4 Å². The first kappa shape index (κ1) is 30.2. The Morgan fingerprint density at radius 3 is 1.79 bits per heavy atom. The Bertz CT molecular complexity index is 1020. The van der Waals surface area contributed by atoms with Crippen molar-refractivity contribution in [3.63, 3.8) is 0 Å². The van der Waals surface area contributed by atoms with Crippen molar-refractivity contribution in [3.8, 4) is 0 Å². The third-order valence-corrected chi connectivity index (χ3v) is 7.74. The van der Waals surface area contributed by atoms with Gasteiger partial charge < -0.3 is 23.7 Å². The number of fused-ring (bicyclic) bond motifs is 1. The van der Waals surface area contributed by atoms with Gasteiger partial charge in [-0.1, -0.05) is 40.0 Å². The van der Waals surface area contributed by atoms with Gasteiger partial charge >= 0.3 is 17.1 Å². The fourth-order valence-electron chi connectivity index (χ4n) is 4.74. The molecule has 5 fully saturated rings. The van der Waals surface area contributed by atoms with E-state index in [1.54, 1.807) is 0 Å². The summed E-state index contributed by atoms with van der Waals surface area (Å²) in [6.07, 6.45) is 11.0. The monoisotopic (exact) mass is 553 g/mol. The van der Waals surface area contributed by atoms with Crippen molar-refractivity contribution in [1.29, 1.82) is 0 Å². The van der Waals surface area contributed by atoms with E-state index >= 15 is 0 Å². The standard InChI is InChI=1S/C13H19N3O5.C8H14O.C7H14O2/c1-2-3-4-14-11(17)15(5-9-7-20-9)13(19)16(12(14)18)6-10-8-21-10;1-2-6-3-4-7-8(5-6)9-7;1-2-3-4-8-5-7-6-9-7/h9-10H,2-8H2,1H3;6-8H,2-5H2,1H3;7H,2-6H2,1H3. The average Bonchev–Trinajstić information content (AvgIpc) is 3.77. The van der Waals surface area contributed by atoms with Crippen molar-refractivity contribution in [2.24, 2.45) is 5.92 Å². The summed E-state index contributed by atoms with van der Waals surface area (Å²) in [7, 11) is 0. The topological polar surface area (TPSA) is 125 Å². The normalized spacial score (nSPS) is 29.3. The highest BCUT2D eigenvalue weighted by Gasteiger charge is 2.43. The zero-order valence-electron chi connectivity index (χ0n) is 23.9. The number of unbranched alkanes of at least 4 members (excludes halogenated alkanes) is 2. The molecule has 222 valence electrons. The Hall–Kier alpha value is -1.79. The summed E-state index contributed by atoms with van der Waals surface area (Å²) >= 11 is 0. The molecule has 6 unspecified atom stereocenters. The summed E-state index contributed by atoms with van der Waals surface area (Å²) in [5.41, 5.74) is -1.65. The highest BCUT2D eigenvalue weighted by atomic mass is 16.6. The fourth-order valence-corrected chi connectivity index (χ4v) is 4.74. The van der Waals surface area contributed by atoms with Gasteiger partial charge in [-0.05, 0) is 38.0 Å². The molecule has 0 aromatic carbocycles. The predicted octanol–water partition coefficient (Wildman–Crippen LogP) is 1.94. The molecule has 11 nitrogen and oxygen atoms in total. The van der Waals surface area contributed by atoms with Crippen molar-refractivity contribution in [2.75, 3.05) is 33.0 Å². The van der Waals surface area contributed by atoms with Gasteiger partial charge in [-0.15, -0.1) is 0 Å². The van der Waals surface area contributed by atoms with Crippen LogP contribution in [0.1, 0.15) is 72.1 Å². The van der Waals surface area contributed by atoms with E-state index in [1.165, 1.54) is 38.5 Å². The minimum Gasteiger partial charge on any atom is -0.379 e. The first-order valence-electron chi connectivity index (χ1n) is 15.0. The van der Waals surface area contributed by atoms with Crippen molar-refractivity contribution in [1.82, 2.24) is 13.7 Å². The summed E-state index contributed by atoms with van der Waals surface area (Å²) < 4.78 is 29.2. The summed E-state index contributed by atoms with van der Waals surface area (Å²) in [4.78, 5) is 37.1. The zero-order valence-corrected chi connectivity index (χ0v) is 23.9. The summed E-state index contributed by atoms with van der Waals surface area (Å²) in [5.74, 6) is 0.980. The second kappa shape index (κ2) is 14.7. The van der Waals surface area contributed by atoms with Crippen molar-refractivity contribution in [2.45, 2.75) is 122 Å². The van der Waals surface area contributed by atoms with E-state index in [0.717, 1.165) is 45.9 Å².